The Bertz CT molecular complexity index is 600. The van der Waals surface area contributed by atoms with Gasteiger partial charge in [0.1, 0.15) is 16.8 Å². The maximum Gasteiger partial charge on any atom is 0.410 e. The van der Waals surface area contributed by atoms with Crippen LogP contribution in [-0.4, -0.2) is 80.3 Å². The highest BCUT2D eigenvalue weighted by Gasteiger charge is 2.40. The van der Waals surface area contributed by atoms with Gasteiger partial charge in [0.05, 0.1) is 31.8 Å². The first kappa shape index (κ1) is 23.0. The summed E-state index contributed by atoms with van der Waals surface area (Å²) >= 11 is 4.96. The maximum absolute atomic E-state index is 13.3. The molecular formula is C14H19F5N4O3S. The van der Waals surface area contributed by atoms with E-state index in [2.05, 4.69) is 21.9 Å². The smallest absolute Gasteiger partial charge is 0.410 e. The van der Waals surface area contributed by atoms with E-state index in [0.29, 0.717) is 0 Å². The fourth-order valence-corrected chi connectivity index (χ4v) is 2.57. The number of hydrogen-bond acceptors (Lipinski definition) is 6. The van der Waals surface area contributed by atoms with Crippen molar-refractivity contribution in [3.05, 3.63) is 11.4 Å². The van der Waals surface area contributed by atoms with Gasteiger partial charge in [-0.05, 0) is 6.72 Å². The molecule has 7 nitrogen and oxygen atoms in total. The van der Waals surface area contributed by atoms with Gasteiger partial charge in [0.2, 0.25) is 0 Å². The first-order valence-electron chi connectivity index (χ1n) is 7.50. The van der Waals surface area contributed by atoms with Crippen molar-refractivity contribution < 1.29 is 36.2 Å². The van der Waals surface area contributed by atoms with Crippen LogP contribution in [0.3, 0.4) is 0 Å². The van der Waals surface area contributed by atoms with Crippen LogP contribution in [-0.2, 0) is 9.47 Å². The molecule has 27 heavy (non-hydrogen) atoms. The standard InChI is InChI=1S/C14H19F5N4O3S/c1-20-11(12(15)16)9(22(2)21-10(27)7-25-3)6-23-5-8(26-13(23)24)4-14(17,18)19/h8,12H,1,4-7H2,2-3H3,(H,21,27)/b11-9-. The number of allylic oxidation sites excluding steroid dienone is 1. The number of carbonyl (C=O) groups is 1. The lowest BCUT2D eigenvalue weighted by Gasteiger charge is -2.28. The summed E-state index contributed by atoms with van der Waals surface area (Å²) in [5.41, 5.74) is 1.63. The van der Waals surface area contributed by atoms with Crippen molar-refractivity contribution in [3.63, 3.8) is 0 Å². The highest BCUT2D eigenvalue weighted by Crippen LogP contribution is 2.27. The van der Waals surface area contributed by atoms with Crippen LogP contribution in [0.4, 0.5) is 26.7 Å². The maximum atomic E-state index is 13.3. The Hall–Kier alpha value is -2.02. The van der Waals surface area contributed by atoms with Gasteiger partial charge in [0.15, 0.2) is 0 Å². The van der Waals surface area contributed by atoms with Crippen molar-refractivity contribution in [3.8, 4) is 0 Å². The number of carbonyl (C=O) groups excluding carboxylic acids is 1. The molecule has 0 aromatic heterocycles. The zero-order valence-electron chi connectivity index (χ0n) is 14.6. The highest BCUT2D eigenvalue weighted by molar-refractivity contribution is 7.80. The predicted octanol–water partition coefficient (Wildman–Crippen LogP) is 2.35. The topological polar surface area (TPSA) is 66.4 Å². The van der Waals surface area contributed by atoms with E-state index < -0.39 is 50.0 Å². The number of aliphatic imine (C=N–C) groups is 1. The second-order valence-corrected chi connectivity index (χ2v) is 6.02. The molecule has 0 aromatic carbocycles. The molecule has 1 atom stereocenters. The summed E-state index contributed by atoms with van der Waals surface area (Å²) in [5, 5.41) is 1.09. The number of likely N-dealkylation sites (N-methyl/N-ethyl adjacent to an activating group) is 1. The molecule has 1 fully saturated rings. The fraction of sp³-hybridized carbons (Fsp3) is 0.643. The fourth-order valence-electron chi connectivity index (χ4n) is 2.31. The molecule has 1 aliphatic rings. The average molecular weight is 418 g/mol. The molecule has 1 aliphatic heterocycles. The van der Waals surface area contributed by atoms with Crippen LogP contribution in [0.25, 0.3) is 0 Å². The number of amides is 1. The second kappa shape index (κ2) is 9.78. The Morgan fingerprint density at radius 1 is 1.56 bits per heavy atom. The lowest BCUT2D eigenvalue weighted by molar-refractivity contribution is -0.149. The number of hydrogen-bond donors (Lipinski definition) is 1. The molecule has 0 aliphatic carbocycles. The van der Waals surface area contributed by atoms with Gasteiger partial charge in [-0.1, -0.05) is 12.2 Å². The summed E-state index contributed by atoms with van der Waals surface area (Å²) in [5.74, 6) is 0. The van der Waals surface area contributed by atoms with E-state index in [4.69, 9.17) is 17.0 Å². The molecule has 13 heteroatoms. The second-order valence-electron chi connectivity index (χ2n) is 5.52. The van der Waals surface area contributed by atoms with Crippen molar-refractivity contribution in [2.75, 3.05) is 33.9 Å². The van der Waals surface area contributed by atoms with E-state index in [0.717, 1.165) is 9.91 Å². The van der Waals surface area contributed by atoms with Gasteiger partial charge < -0.3 is 9.47 Å². The summed E-state index contributed by atoms with van der Waals surface area (Å²) in [6, 6.07) is 0. The largest absolute Gasteiger partial charge is 0.444 e. The number of cyclic esters (lactones) is 1. The van der Waals surface area contributed by atoms with Crippen LogP contribution in [0.2, 0.25) is 0 Å². The monoisotopic (exact) mass is 418 g/mol. The number of alkyl halides is 5. The quantitative estimate of drug-likeness (QED) is 0.268. The molecule has 1 rings (SSSR count). The number of methoxy groups -OCH3 is 1. The van der Waals surface area contributed by atoms with E-state index in [-0.39, 0.29) is 17.3 Å². The molecule has 0 radical (unpaired) electrons. The molecule has 0 saturated carbocycles. The number of nitrogens with one attached hydrogen (secondary N) is 1. The van der Waals surface area contributed by atoms with Gasteiger partial charge in [0.25, 0.3) is 6.43 Å². The molecule has 154 valence electrons. The van der Waals surface area contributed by atoms with Crippen LogP contribution >= 0.6 is 12.2 Å². The lowest BCUT2D eigenvalue weighted by atomic mass is 10.2. The molecule has 1 unspecified atom stereocenters. The summed E-state index contributed by atoms with van der Waals surface area (Å²) in [6.07, 6.45) is -11.4. The summed E-state index contributed by atoms with van der Waals surface area (Å²) in [7, 11) is 2.71. The number of halogens is 5. The van der Waals surface area contributed by atoms with Gasteiger partial charge in [-0.15, -0.1) is 0 Å². The van der Waals surface area contributed by atoms with Crippen molar-refractivity contribution in [1.29, 1.82) is 0 Å². The zero-order chi connectivity index (χ0) is 20.8. The van der Waals surface area contributed by atoms with E-state index in [9.17, 15) is 26.7 Å². The van der Waals surface area contributed by atoms with Gasteiger partial charge in [-0.3, -0.25) is 20.3 Å². The Morgan fingerprint density at radius 2 is 2.19 bits per heavy atom. The lowest BCUT2D eigenvalue weighted by Crippen LogP contribution is -2.44. The average Bonchev–Trinajstić information content (AvgIpc) is 2.84. The van der Waals surface area contributed by atoms with Gasteiger partial charge in [0, 0.05) is 14.2 Å². The Kier molecular flexibility index (Phi) is 8.34. The summed E-state index contributed by atoms with van der Waals surface area (Å²) < 4.78 is 73.4. The minimum atomic E-state index is -4.53. The molecule has 1 N–H and O–H groups in total. The number of ether oxygens (including phenoxy) is 2. The predicted molar refractivity (Wildman–Crippen MR) is 90.5 cm³/mol. The molecule has 1 amide bonds. The van der Waals surface area contributed by atoms with Gasteiger partial charge >= 0.3 is 12.3 Å². The Morgan fingerprint density at radius 3 is 2.67 bits per heavy atom. The molecule has 0 aromatic rings. The van der Waals surface area contributed by atoms with Crippen molar-refractivity contribution in [2.24, 2.45) is 4.99 Å². The molecule has 0 spiro atoms. The van der Waals surface area contributed by atoms with E-state index in [1.807, 2.05) is 0 Å². The van der Waals surface area contributed by atoms with Crippen LogP contribution < -0.4 is 5.43 Å². The summed E-state index contributed by atoms with van der Waals surface area (Å²) in [6.45, 7) is 2.18. The third kappa shape index (κ3) is 7.25. The first-order chi connectivity index (χ1) is 12.5. The third-order valence-corrected chi connectivity index (χ3v) is 3.60. The Balaban J connectivity index is 3.00. The SMILES string of the molecule is C=N/C(=C(/CN1CC(CC(F)(F)F)OC1=O)N(C)NC(=S)COC)C(F)F. The molecule has 1 saturated heterocycles. The third-order valence-electron chi connectivity index (χ3n) is 3.39. The Labute approximate surface area is 157 Å². The van der Waals surface area contributed by atoms with Gasteiger partial charge in [-0.2, -0.15) is 13.2 Å². The normalized spacial score (nSPS) is 18.3. The number of rotatable bonds is 9. The minimum absolute atomic E-state index is 0.00209. The van der Waals surface area contributed by atoms with E-state index in [1.54, 1.807) is 0 Å². The highest BCUT2D eigenvalue weighted by atomic mass is 32.1. The van der Waals surface area contributed by atoms with Crippen molar-refractivity contribution >= 4 is 30.0 Å². The zero-order valence-corrected chi connectivity index (χ0v) is 15.4. The first-order valence-corrected chi connectivity index (χ1v) is 7.91. The van der Waals surface area contributed by atoms with Crippen molar-refractivity contribution in [1.82, 2.24) is 15.3 Å². The van der Waals surface area contributed by atoms with Crippen LogP contribution in [0.5, 0.6) is 0 Å². The number of thiocarbonyl (C=S) groups is 1. The van der Waals surface area contributed by atoms with Gasteiger partial charge in [-0.25, -0.2) is 13.6 Å². The van der Waals surface area contributed by atoms with Crippen molar-refractivity contribution in [2.45, 2.75) is 25.1 Å². The van der Waals surface area contributed by atoms with E-state index >= 15 is 0 Å². The number of hydrazine groups is 1. The number of nitrogens with zero attached hydrogens (tertiary/aromatic N) is 3. The summed E-state index contributed by atoms with van der Waals surface area (Å²) in [4.78, 5) is 16.1. The minimum Gasteiger partial charge on any atom is -0.444 e. The molecule has 1 heterocycles. The van der Waals surface area contributed by atoms with Crippen LogP contribution in [0.15, 0.2) is 16.4 Å². The van der Waals surface area contributed by atoms with E-state index in [1.165, 1.54) is 14.2 Å². The molecule has 0 bridgehead atoms. The van der Waals surface area contributed by atoms with Crippen LogP contribution in [0.1, 0.15) is 6.42 Å². The van der Waals surface area contributed by atoms with Crippen LogP contribution in [0, 0.1) is 0 Å². The molecular weight excluding hydrogens is 399 g/mol.